The van der Waals surface area contributed by atoms with Crippen molar-refractivity contribution in [1.29, 1.82) is 0 Å². The van der Waals surface area contributed by atoms with Gasteiger partial charge in [-0.25, -0.2) is 4.79 Å². The van der Waals surface area contributed by atoms with E-state index < -0.39 is 0 Å². The van der Waals surface area contributed by atoms with Crippen molar-refractivity contribution in [1.82, 2.24) is 10.2 Å². The number of nitrogens with one attached hydrogen (secondary N) is 1. The lowest BCUT2D eigenvalue weighted by atomic mass is 10.1. The standard InChI is InChI=1S/C20H23N3O2/c1-15-3-7-17(8-4-15)13-21-19(24)14-22-11-12-23(20(22)25)18-9-5-16(2)6-10-18/h3-10H,11-14H2,1-2H3,(H,21,24). The number of hydrogen-bond acceptors (Lipinski definition) is 2. The van der Waals surface area contributed by atoms with E-state index in [0.717, 1.165) is 16.8 Å². The third-order valence-electron chi connectivity index (χ3n) is 4.39. The zero-order chi connectivity index (χ0) is 17.8. The highest BCUT2D eigenvalue weighted by Crippen LogP contribution is 2.20. The normalized spacial score (nSPS) is 14.1. The summed E-state index contributed by atoms with van der Waals surface area (Å²) in [4.78, 5) is 28.0. The summed E-state index contributed by atoms with van der Waals surface area (Å²) < 4.78 is 0. The van der Waals surface area contributed by atoms with E-state index in [2.05, 4.69) is 5.32 Å². The maximum atomic E-state index is 12.5. The van der Waals surface area contributed by atoms with Gasteiger partial charge in [0.1, 0.15) is 6.54 Å². The van der Waals surface area contributed by atoms with E-state index in [-0.39, 0.29) is 18.5 Å². The molecule has 0 bridgehead atoms. The molecule has 0 radical (unpaired) electrons. The van der Waals surface area contributed by atoms with E-state index in [1.807, 2.05) is 62.4 Å². The van der Waals surface area contributed by atoms with Crippen molar-refractivity contribution in [3.63, 3.8) is 0 Å². The van der Waals surface area contributed by atoms with Gasteiger partial charge in [0.25, 0.3) is 0 Å². The van der Waals surface area contributed by atoms with Crippen molar-refractivity contribution in [2.75, 3.05) is 24.5 Å². The van der Waals surface area contributed by atoms with Gasteiger partial charge >= 0.3 is 6.03 Å². The van der Waals surface area contributed by atoms with Crippen molar-refractivity contribution in [2.45, 2.75) is 20.4 Å². The van der Waals surface area contributed by atoms with Crippen molar-refractivity contribution >= 4 is 17.6 Å². The highest BCUT2D eigenvalue weighted by atomic mass is 16.2. The van der Waals surface area contributed by atoms with Gasteiger partial charge in [-0.2, -0.15) is 0 Å². The molecule has 25 heavy (non-hydrogen) atoms. The fourth-order valence-corrected chi connectivity index (χ4v) is 2.83. The maximum Gasteiger partial charge on any atom is 0.325 e. The second-order valence-electron chi connectivity index (χ2n) is 6.45. The number of anilines is 1. The van der Waals surface area contributed by atoms with Crippen LogP contribution < -0.4 is 10.2 Å². The highest BCUT2D eigenvalue weighted by molar-refractivity contribution is 5.96. The van der Waals surface area contributed by atoms with E-state index in [9.17, 15) is 9.59 Å². The quantitative estimate of drug-likeness (QED) is 0.912. The number of hydrogen-bond donors (Lipinski definition) is 1. The number of rotatable bonds is 5. The minimum atomic E-state index is -0.139. The van der Waals surface area contributed by atoms with Crippen molar-refractivity contribution in [3.05, 3.63) is 65.2 Å². The van der Waals surface area contributed by atoms with Crippen LogP contribution in [0.5, 0.6) is 0 Å². The molecule has 0 unspecified atom stereocenters. The lowest BCUT2D eigenvalue weighted by Crippen LogP contribution is -2.39. The van der Waals surface area contributed by atoms with Gasteiger partial charge in [-0.3, -0.25) is 9.69 Å². The second-order valence-corrected chi connectivity index (χ2v) is 6.45. The Labute approximate surface area is 148 Å². The van der Waals surface area contributed by atoms with E-state index in [1.54, 1.807) is 9.80 Å². The summed E-state index contributed by atoms with van der Waals surface area (Å²) in [5, 5.41) is 2.88. The fourth-order valence-electron chi connectivity index (χ4n) is 2.83. The van der Waals surface area contributed by atoms with E-state index in [4.69, 9.17) is 0 Å². The Bertz CT molecular complexity index is 754. The van der Waals surface area contributed by atoms with Crippen LogP contribution in [0.4, 0.5) is 10.5 Å². The molecular formula is C20H23N3O2. The van der Waals surface area contributed by atoms with E-state index >= 15 is 0 Å². The molecular weight excluding hydrogens is 314 g/mol. The zero-order valence-corrected chi connectivity index (χ0v) is 14.7. The summed E-state index contributed by atoms with van der Waals surface area (Å²) in [5.41, 5.74) is 4.27. The molecule has 3 amide bonds. The number of aryl methyl sites for hydroxylation is 2. The molecule has 1 aliphatic heterocycles. The predicted octanol–water partition coefficient (Wildman–Crippen LogP) is 2.86. The van der Waals surface area contributed by atoms with Crippen molar-refractivity contribution in [3.8, 4) is 0 Å². The highest BCUT2D eigenvalue weighted by Gasteiger charge is 2.30. The number of urea groups is 1. The Kier molecular flexibility index (Phi) is 5.03. The van der Waals surface area contributed by atoms with Gasteiger partial charge in [0.15, 0.2) is 0 Å². The van der Waals surface area contributed by atoms with E-state index in [1.165, 1.54) is 5.56 Å². The monoisotopic (exact) mass is 337 g/mol. The lowest BCUT2D eigenvalue weighted by molar-refractivity contribution is -0.121. The molecule has 1 heterocycles. The minimum absolute atomic E-state index is 0.0903. The SMILES string of the molecule is Cc1ccc(CNC(=O)CN2CCN(c3ccc(C)cc3)C2=O)cc1. The Morgan fingerprint density at radius 1 is 0.960 bits per heavy atom. The van der Waals surface area contributed by atoms with Crippen LogP contribution in [-0.2, 0) is 11.3 Å². The van der Waals surface area contributed by atoms with Crippen molar-refractivity contribution in [2.24, 2.45) is 0 Å². The summed E-state index contributed by atoms with van der Waals surface area (Å²) in [6, 6.07) is 15.8. The maximum absolute atomic E-state index is 12.5. The summed E-state index contributed by atoms with van der Waals surface area (Å²) >= 11 is 0. The third kappa shape index (κ3) is 4.18. The van der Waals surface area contributed by atoms with Crippen LogP contribution in [0.2, 0.25) is 0 Å². The minimum Gasteiger partial charge on any atom is -0.350 e. The molecule has 0 atom stereocenters. The average Bonchev–Trinajstić information content (AvgIpc) is 2.96. The molecule has 2 aromatic carbocycles. The molecule has 0 spiro atoms. The first-order valence-corrected chi connectivity index (χ1v) is 8.48. The molecule has 1 N–H and O–H groups in total. The van der Waals surface area contributed by atoms with Gasteiger partial charge < -0.3 is 10.2 Å². The molecule has 130 valence electrons. The van der Waals surface area contributed by atoms with Gasteiger partial charge in [0, 0.05) is 25.3 Å². The molecule has 0 aliphatic carbocycles. The molecule has 5 heteroatoms. The van der Waals surface area contributed by atoms with E-state index in [0.29, 0.717) is 19.6 Å². The first-order chi connectivity index (χ1) is 12.0. The Morgan fingerprint density at radius 3 is 2.20 bits per heavy atom. The summed E-state index contributed by atoms with van der Waals surface area (Å²) in [5.74, 6) is -0.139. The van der Waals surface area contributed by atoms with Gasteiger partial charge in [-0.05, 0) is 31.5 Å². The Hall–Kier alpha value is -2.82. The first kappa shape index (κ1) is 17.0. The van der Waals surface area contributed by atoms with Crippen LogP contribution in [0.1, 0.15) is 16.7 Å². The molecule has 1 fully saturated rings. The van der Waals surface area contributed by atoms with Crippen LogP contribution in [0.15, 0.2) is 48.5 Å². The third-order valence-corrected chi connectivity index (χ3v) is 4.39. The smallest absolute Gasteiger partial charge is 0.325 e. The molecule has 5 nitrogen and oxygen atoms in total. The Balaban J connectivity index is 1.52. The average molecular weight is 337 g/mol. The first-order valence-electron chi connectivity index (χ1n) is 8.48. The molecule has 0 aromatic heterocycles. The number of carbonyl (C=O) groups is 2. The van der Waals surface area contributed by atoms with Crippen LogP contribution in [0.3, 0.4) is 0 Å². The lowest BCUT2D eigenvalue weighted by Gasteiger charge is -2.18. The summed E-state index contributed by atoms with van der Waals surface area (Å²) in [6.07, 6.45) is 0. The molecule has 2 aromatic rings. The molecule has 3 rings (SSSR count). The number of nitrogens with zero attached hydrogens (tertiary/aromatic N) is 2. The van der Waals surface area contributed by atoms with Gasteiger partial charge in [0.05, 0.1) is 0 Å². The number of carbonyl (C=O) groups excluding carboxylic acids is 2. The largest absolute Gasteiger partial charge is 0.350 e. The number of benzene rings is 2. The molecule has 1 aliphatic rings. The van der Waals surface area contributed by atoms with Crippen molar-refractivity contribution < 1.29 is 9.59 Å². The summed E-state index contributed by atoms with van der Waals surface area (Å²) in [7, 11) is 0. The van der Waals surface area contributed by atoms with Crippen LogP contribution >= 0.6 is 0 Å². The predicted molar refractivity (Wildman–Crippen MR) is 98.5 cm³/mol. The Morgan fingerprint density at radius 2 is 1.56 bits per heavy atom. The topological polar surface area (TPSA) is 52.7 Å². The van der Waals surface area contributed by atoms with Gasteiger partial charge in [-0.15, -0.1) is 0 Å². The second kappa shape index (κ2) is 7.38. The fraction of sp³-hybridized carbons (Fsp3) is 0.300. The molecule has 1 saturated heterocycles. The van der Waals surface area contributed by atoms with Gasteiger partial charge in [0.2, 0.25) is 5.91 Å². The summed E-state index contributed by atoms with van der Waals surface area (Å²) in [6.45, 7) is 5.77. The van der Waals surface area contributed by atoms with Crippen LogP contribution in [0, 0.1) is 13.8 Å². The van der Waals surface area contributed by atoms with Crippen LogP contribution in [-0.4, -0.2) is 36.5 Å². The molecule has 0 saturated carbocycles. The zero-order valence-electron chi connectivity index (χ0n) is 14.7. The van der Waals surface area contributed by atoms with Gasteiger partial charge in [-0.1, -0.05) is 47.5 Å². The number of amides is 3. The van der Waals surface area contributed by atoms with Crippen LogP contribution in [0.25, 0.3) is 0 Å².